The number of nitrogens with zero attached hydrogens (tertiary/aromatic N) is 2. The van der Waals surface area contributed by atoms with Crippen LogP contribution in [-0.2, 0) is 16.1 Å². The van der Waals surface area contributed by atoms with Gasteiger partial charge in [-0.25, -0.2) is 0 Å². The van der Waals surface area contributed by atoms with E-state index in [4.69, 9.17) is 0 Å². The standard InChI is InChI=1S/C21H28N4O3.ClH/c26-19(14-25-13-16-6-1-2-7-17(16)21(25)28)24-10-4-5-15(12-24)11-23-20(27)18-8-3-9-22-18;/h1-2,6-7,15,18,22H,3-5,8-14H2,(H,23,27);1H. The van der Waals surface area contributed by atoms with Crippen molar-refractivity contribution in [3.8, 4) is 0 Å². The van der Waals surface area contributed by atoms with Crippen molar-refractivity contribution in [1.29, 1.82) is 0 Å². The zero-order chi connectivity index (χ0) is 19.5. The molecule has 0 bridgehead atoms. The fourth-order valence-electron chi connectivity index (χ4n) is 4.44. The Morgan fingerprint density at radius 3 is 2.76 bits per heavy atom. The monoisotopic (exact) mass is 420 g/mol. The average molecular weight is 421 g/mol. The number of carbonyl (C=O) groups is 3. The number of hydrogen-bond donors (Lipinski definition) is 2. The number of likely N-dealkylation sites (tertiary alicyclic amines) is 1. The Bertz CT molecular complexity index is 766. The number of halogens is 1. The third-order valence-electron chi connectivity index (χ3n) is 6.04. The summed E-state index contributed by atoms with van der Waals surface area (Å²) in [5.41, 5.74) is 1.69. The van der Waals surface area contributed by atoms with Crippen LogP contribution in [0, 0.1) is 5.92 Å². The molecule has 2 saturated heterocycles. The van der Waals surface area contributed by atoms with Crippen molar-refractivity contribution in [1.82, 2.24) is 20.4 Å². The fourth-order valence-corrected chi connectivity index (χ4v) is 4.44. The largest absolute Gasteiger partial charge is 0.354 e. The molecule has 0 spiro atoms. The molecule has 2 N–H and O–H groups in total. The lowest BCUT2D eigenvalue weighted by Gasteiger charge is -2.34. The van der Waals surface area contributed by atoms with Gasteiger partial charge < -0.3 is 20.4 Å². The molecule has 0 aliphatic carbocycles. The fraction of sp³-hybridized carbons (Fsp3) is 0.571. The summed E-state index contributed by atoms with van der Waals surface area (Å²) in [5.74, 6) is 0.277. The van der Waals surface area contributed by atoms with Crippen LogP contribution in [0.3, 0.4) is 0 Å². The van der Waals surface area contributed by atoms with Crippen molar-refractivity contribution in [2.45, 2.75) is 38.3 Å². The quantitative estimate of drug-likeness (QED) is 0.749. The summed E-state index contributed by atoms with van der Waals surface area (Å²) in [7, 11) is 0. The van der Waals surface area contributed by atoms with E-state index in [-0.39, 0.29) is 48.6 Å². The molecule has 2 atom stereocenters. The number of hydrogen-bond acceptors (Lipinski definition) is 4. The summed E-state index contributed by atoms with van der Waals surface area (Å²) in [4.78, 5) is 40.9. The zero-order valence-electron chi connectivity index (χ0n) is 16.6. The molecule has 0 radical (unpaired) electrons. The number of amides is 3. The van der Waals surface area contributed by atoms with Crippen molar-refractivity contribution in [3.05, 3.63) is 35.4 Å². The molecule has 7 nitrogen and oxygen atoms in total. The Morgan fingerprint density at radius 1 is 1.17 bits per heavy atom. The van der Waals surface area contributed by atoms with E-state index in [1.807, 2.05) is 29.2 Å². The smallest absolute Gasteiger partial charge is 0.254 e. The van der Waals surface area contributed by atoms with Crippen LogP contribution in [0.25, 0.3) is 0 Å². The number of benzene rings is 1. The van der Waals surface area contributed by atoms with Gasteiger partial charge in [-0.15, -0.1) is 12.4 Å². The van der Waals surface area contributed by atoms with Crippen LogP contribution in [-0.4, -0.2) is 66.3 Å². The van der Waals surface area contributed by atoms with Crippen LogP contribution in [0.15, 0.2) is 24.3 Å². The molecular weight excluding hydrogens is 392 g/mol. The minimum Gasteiger partial charge on any atom is -0.354 e. The molecule has 3 amide bonds. The Balaban J connectivity index is 0.00000240. The molecule has 1 aromatic rings. The van der Waals surface area contributed by atoms with Crippen molar-refractivity contribution < 1.29 is 14.4 Å². The lowest BCUT2D eigenvalue weighted by atomic mass is 9.97. The third-order valence-corrected chi connectivity index (χ3v) is 6.04. The Morgan fingerprint density at radius 2 is 2.00 bits per heavy atom. The molecule has 0 saturated carbocycles. The second-order valence-electron chi connectivity index (χ2n) is 8.06. The Labute approximate surface area is 177 Å². The maximum Gasteiger partial charge on any atom is 0.254 e. The molecule has 0 aromatic heterocycles. The molecule has 3 heterocycles. The molecule has 8 heteroatoms. The average Bonchev–Trinajstić information content (AvgIpc) is 3.36. The molecule has 1 aromatic carbocycles. The summed E-state index contributed by atoms with van der Waals surface area (Å²) in [6, 6.07) is 7.47. The van der Waals surface area contributed by atoms with Crippen molar-refractivity contribution in [2.24, 2.45) is 5.92 Å². The summed E-state index contributed by atoms with van der Waals surface area (Å²) < 4.78 is 0. The second kappa shape index (κ2) is 9.59. The third kappa shape index (κ3) is 4.90. The highest BCUT2D eigenvalue weighted by molar-refractivity contribution is 6.00. The normalized spacial score (nSPS) is 23.5. The van der Waals surface area contributed by atoms with Gasteiger partial charge in [-0.2, -0.15) is 0 Å². The van der Waals surface area contributed by atoms with E-state index in [0.717, 1.165) is 44.3 Å². The van der Waals surface area contributed by atoms with E-state index >= 15 is 0 Å². The molecule has 29 heavy (non-hydrogen) atoms. The van der Waals surface area contributed by atoms with E-state index in [2.05, 4.69) is 10.6 Å². The number of rotatable bonds is 5. The van der Waals surface area contributed by atoms with Gasteiger partial charge in [0.05, 0.1) is 6.04 Å². The number of piperidine rings is 1. The first kappa shape index (κ1) is 21.6. The highest BCUT2D eigenvalue weighted by Gasteiger charge is 2.31. The first-order valence-corrected chi connectivity index (χ1v) is 10.3. The molecular formula is C21H29ClN4O3. The van der Waals surface area contributed by atoms with Gasteiger partial charge in [0.1, 0.15) is 6.54 Å². The van der Waals surface area contributed by atoms with E-state index in [0.29, 0.717) is 25.2 Å². The highest BCUT2D eigenvalue weighted by atomic mass is 35.5. The minimum absolute atomic E-state index is 0. The van der Waals surface area contributed by atoms with Crippen LogP contribution in [0.1, 0.15) is 41.6 Å². The predicted molar refractivity (Wildman–Crippen MR) is 112 cm³/mol. The lowest BCUT2D eigenvalue weighted by molar-refractivity contribution is -0.133. The van der Waals surface area contributed by atoms with Gasteiger partial charge in [0.15, 0.2) is 0 Å². The Kier molecular flexibility index (Phi) is 7.14. The van der Waals surface area contributed by atoms with E-state index in [9.17, 15) is 14.4 Å². The SMILES string of the molecule is Cl.O=C(NCC1CCCN(C(=O)CN2Cc3ccccc3C2=O)C1)C1CCCN1. The van der Waals surface area contributed by atoms with Gasteiger partial charge in [0, 0.05) is 31.7 Å². The zero-order valence-corrected chi connectivity index (χ0v) is 17.4. The summed E-state index contributed by atoms with van der Waals surface area (Å²) in [5, 5.41) is 6.25. The number of carbonyl (C=O) groups excluding carboxylic acids is 3. The summed E-state index contributed by atoms with van der Waals surface area (Å²) in [6.45, 7) is 3.51. The van der Waals surface area contributed by atoms with Gasteiger partial charge in [-0.3, -0.25) is 14.4 Å². The lowest BCUT2D eigenvalue weighted by Crippen LogP contribution is -2.48. The first-order valence-electron chi connectivity index (χ1n) is 10.3. The van der Waals surface area contributed by atoms with Gasteiger partial charge in [-0.1, -0.05) is 18.2 Å². The predicted octanol–water partition coefficient (Wildman–Crippen LogP) is 1.17. The van der Waals surface area contributed by atoms with Gasteiger partial charge in [-0.05, 0) is 49.8 Å². The van der Waals surface area contributed by atoms with Gasteiger partial charge >= 0.3 is 0 Å². The molecule has 2 fully saturated rings. The van der Waals surface area contributed by atoms with Crippen LogP contribution in [0.4, 0.5) is 0 Å². The molecule has 4 rings (SSSR count). The first-order chi connectivity index (χ1) is 13.6. The maximum atomic E-state index is 12.8. The van der Waals surface area contributed by atoms with Crippen LogP contribution in [0.5, 0.6) is 0 Å². The van der Waals surface area contributed by atoms with Gasteiger partial charge in [0.25, 0.3) is 5.91 Å². The molecule has 158 valence electrons. The van der Waals surface area contributed by atoms with E-state index in [1.165, 1.54) is 0 Å². The van der Waals surface area contributed by atoms with E-state index < -0.39 is 0 Å². The Hall–Kier alpha value is -2.12. The summed E-state index contributed by atoms with van der Waals surface area (Å²) in [6.07, 6.45) is 3.88. The minimum atomic E-state index is -0.0656. The van der Waals surface area contributed by atoms with Crippen molar-refractivity contribution in [2.75, 3.05) is 32.7 Å². The number of fused-ring (bicyclic) bond motifs is 1. The van der Waals surface area contributed by atoms with Crippen LogP contribution in [0.2, 0.25) is 0 Å². The topological polar surface area (TPSA) is 81.8 Å². The van der Waals surface area contributed by atoms with E-state index in [1.54, 1.807) is 4.90 Å². The second-order valence-corrected chi connectivity index (χ2v) is 8.06. The maximum absolute atomic E-state index is 12.8. The van der Waals surface area contributed by atoms with Gasteiger partial charge in [0.2, 0.25) is 11.8 Å². The molecule has 3 aliphatic rings. The number of nitrogens with one attached hydrogen (secondary N) is 2. The molecule has 3 aliphatic heterocycles. The summed E-state index contributed by atoms with van der Waals surface area (Å²) >= 11 is 0. The van der Waals surface area contributed by atoms with Crippen LogP contribution >= 0.6 is 12.4 Å². The van der Waals surface area contributed by atoms with Crippen LogP contribution < -0.4 is 10.6 Å². The van der Waals surface area contributed by atoms with Crippen molar-refractivity contribution >= 4 is 30.1 Å². The van der Waals surface area contributed by atoms with Crippen molar-refractivity contribution in [3.63, 3.8) is 0 Å². The molecule has 2 unspecified atom stereocenters. The highest BCUT2D eigenvalue weighted by Crippen LogP contribution is 2.23.